The molecule has 0 N–H and O–H groups in total. The summed E-state index contributed by atoms with van der Waals surface area (Å²) < 4.78 is 52.7. The van der Waals surface area contributed by atoms with Gasteiger partial charge in [0.15, 0.2) is 14.1 Å². The highest BCUT2D eigenvalue weighted by Gasteiger charge is 2.46. The third-order valence-corrected chi connectivity index (χ3v) is 15.1. The Morgan fingerprint density at radius 2 is 1.67 bits per heavy atom. The first kappa shape index (κ1) is 38.7. The predicted molar refractivity (Wildman–Crippen MR) is 198 cm³/mol. The number of alkyl halides is 3. The second-order valence-corrected chi connectivity index (χ2v) is 21.7. The average molecular weight is 727 g/mol. The number of carbonyl (C=O) groups is 2. The van der Waals surface area contributed by atoms with Crippen LogP contribution in [0.4, 0.5) is 24.5 Å². The van der Waals surface area contributed by atoms with E-state index in [0.717, 1.165) is 16.6 Å². The number of nitrogens with zero attached hydrogens (tertiary/aromatic N) is 4. The fraction of sp³-hybridized carbons (Fsp3) is 0.590. The van der Waals surface area contributed by atoms with Crippen LogP contribution in [0, 0.1) is 17.8 Å². The molecule has 0 spiro atoms. The van der Waals surface area contributed by atoms with Crippen LogP contribution in [0.1, 0.15) is 77.4 Å². The third kappa shape index (κ3) is 9.30. The van der Waals surface area contributed by atoms with Gasteiger partial charge in [-0.15, -0.1) is 0 Å². The van der Waals surface area contributed by atoms with Crippen molar-refractivity contribution in [1.82, 2.24) is 9.97 Å². The second-order valence-electron chi connectivity index (χ2n) is 16.9. The number of pyridine rings is 2. The van der Waals surface area contributed by atoms with Crippen LogP contribution >= 0.6 is 0 Å². The van der Waals surface area contributed by atoms with E-state index in [-0.39, 0.29) is 66.2 Å². The van der Waals surface area contributed by atoms with Crippen LogP contribution in [0.2, 0.25) is 18.1 Å². The number of benzene rings is 1. The number of aromatic nitrogens is 2. The van der Waals surface area contributed by atoms with Gasteiger partial charge < -0.3 is 19.0 Å². The summed E-state index contributed by atoms with van der Waals surface area (Å²) in [7, 11) is -2.17. The van der Waals surface area contributed by atoms with Crippen LogP contribution in [-0.2, 0) is 20.4 Å². The molecule has 1 unspecified atom stereocenters. The lowest BCUT2D eigenvalue weighted by atomic mass is 9.84. The van der Waals surface area contributed by atoms with Crippen LogP contribution in [0.15, 0.2) is 48.8 Å². The number of hydrogen-bond acceptors (Lipinski definition) is 8. The molecule has 0 bridgehead atoms. The van der Waals surface area contributed by atoms with E-state index < -0.39 is 26.0 Å². The Labute approximate surface area is 301 Å². The quantitative estimate of drug-likeness (QED) is 0.123. The van der Waals surface area contributed by atoms with Crippen molar-refractivity contribution in [3.05, 3.63) is 60.0 Å². The zero-order valence-electron chi connectivity index (χ0n) is 31.4. The van der Waals surface area contributed by atoms with Crippen molar-refractivity contribution in [1.29, 1.82) is 0 Å². The fourth-order valence-electron chi connectivity index (χ4n) is 6.93. The molecule has 2 saturated heterocycles. The lowest BCUT2D eigenvalue weighted by Gasteiger charge is -2.48. The molecule has 0 radical (unpaired) electrons. The first-order chi connectivity index (χ1) is 23.6. The molecule has 5 rings (SSSR count). The Bertz CT molecular complexity index is 1740. The Balaban J connectivity index is 1.37. The van der Waals surface area contributed by atoms with Crippen molar-refractivity contribution in [2.45, 2.75) is 104 Å². The molecule has 2 aliphatic rings. The van der Waals surface area contributed by atoms with Crippen LogP contribution in [-0.4, -0.2) is 74.1 Å². The highest BCUT2D eigenvalue weighted by atomic mass is 28.4. The van der Waals surface area contributed by atoms with Crippen molar-refractivity contribution < 1.29 is 31.9 Å². The molecule has 0 saturated carbocycles. The SMILES string of the molecule is C[C@H]1CN(c2ccncc2CC(=O)c2ccc3ccc(N4CCC(C(F)(F)F)C4)cc3n2)C[C@@H](CC(=O)OC(C)(C)C)[C@@H]1O[Si](C)(C)C(C)(C)C. The standard InChI is InChI=1S/C39H53F3N4O4Si/c1-25-22-46(23-28(19-35(48)49-37(2,3)4)36(25)50-51(8,9)38(5,6)7)33-14-16-43-21-27(33)18-34(47)31-13-11-26-10-12-30(20-32(26)44-31)45-17-15-29(24-45)39(40,41)42/h10-14,16,20-21,25,28-29,36H,15,17-19,22-24H2,1-9H3/t25-,28+,29?,36+/m0/s1. The number of hydrogen-bond donors (Lipinski definition) is 0. The maximum atomic E-state index is 13.8. The molecule has 2 fully saturated rings. The summed E-state index contributed by atoms with van der Waals surface area (Å²) >= 11 is 0. The van der Waals surface area contributed by atoms with Gasteiger partial charge in [0.05, 0.1) is 24.0 Å². The molecule has 51 heavy (non-hydrogen) atoms. The minimum atomic E-state index is -4.22. The van der Waals surface area contributed by atoms with E-state index >= 15 is 0 Å². The number of fused-ring (bicyclic) bond motifs is 1. The van der Waals surface area contributed by atoms with Crippen molar-refractivity contribution in [2.75, 3.05) is 36.0 Å². The van der Waals surface area contributed by atoms with Crippen LogP contribution < -0.4 is 9.80 Å². The zero-order chi connectivity index (χ0) is 37.5. The van der Waals surface area contributed by atoms with Crippen LogP contribution in [0.3, 0.4) is 0 Å². The average Bonchev–Trinajstić information content (AvgIpc) is 3.52. The Hall–Kier alpha value is -3.51. The number of anilines is 2. The summed E-state index contributed by atoms with van der Waals surface area (Å²) in [5.41, 5.74) is 2.53. The third-order valence-electron chi connectivity index (χ3n) is 10.6. The topological polar surface area (TPSA) is 84.9 Å². The number of halogens is 3. The summed E-state index contributed by atoms with van der Waals surface area (Å²) in [5.74, 6) is -1.84. The molecule has 8 nitrogen and oxygen atoms in total. The van der Waals surface area contributed by atoms with Crippen LogP contribution in [0.5, 0.6) is 0 Å². The molecule has 0 amide bonds. The molecule has 12 heteroatoms. The Kier molecular flexibility index (Phi) is 11.0. The molecule has 2 aromatic heterocycles. The van der Waals surface area contributed by atoms with Gasteiger partial charge in [0.25, 0.3) is 0 Å². The van der Waals surface area contributed by atoms with Gasteiger partial charge in [-0.2, -0.15) is 13.2 Å². The van der Waals surface area contributed by atoms with Gasteiger partial charge in [-0.3, -0.25) is 14.6 Å². The molecule has 4 heterocycles. The lowest BCUT2D eigenvalue weighted by molar-refractivity contribution is -0.168. The van der Waals surface area contributed by atoms with Crippen molar-refractivity contribution in [3.63, 3.8) is 0 Å². The maximum Gasteiger partial charge on any atom is 0.393 e. The highest BCUT2D eigenvalue weighted by molar-refractivity contribution is 6.74. The van der Waals surface area contributed by atoms with Gasteiger partial charge in [-0.25, -0.2) is 4.98 Å². The van der Waals surface area contributed by atoms with Gasteiger partial charge in [0, 0.05) is 73.2 Å². The predicted octanol–water partition coefficient (Wildman–Crippen LogP) is 8.64. The van der Waals surface area contributed by atoms with E-state index in [1.807, 2.05) is 45.0 Å². The van der Waals surface area contributed by atoms with Gasteiger partial charge in [-0.05, 0) is 75.5 Å². The summed E-state index contributed by atoms with van der Waals surface area (Å²) in [6.45, 7) is 20.3. The number of Topliss-reactive ketones (excluding diaryl/α,β-unsaturated/α-hetero) is 1. The zero-order valence-corrected chi connectivity index (χ0v) is 32.4. The first-order valence-electron chi connectivity index (χ1n) is 17.9. The number of ketones is 1. The monoisotopic (exact) mass is 726 g/mol. The normalized spacial score (nSPS) is 22.0. The number of carbonyl (C=O) groups excluding carboxylic acids is 2. The summed E-state index contributed by atoms with van der Waals surface area (Å²) in [5, 5.41) is 0.804. The minimum absolute atomic E-state index is 0.00166. The summed E-state index contributed by atoms with van der Waals surface area (Å²) in [4.78, 5) is 40.0. The second kappa shape index (κ2) is 14.5. The number of rotatable bonds is 9. The number of ether oxygens (including phenoxy) is 1. The number of piperidine rings is 1. The van der Waals surface area contributed by atoms with E-state index in [4.69, 9.17) is 9.16 Å². The molecular weight excluding hydrogens is 674 g/mol. The minimum Gasteiger partial charge on any atom is -0.460 e. The van der Waals surface area contributed by atoms with E-state index in [0.29, 0.717) is 30.8 Å². The van der Waals surface area contributed by atoms with Gasteiger partial charge in [0.1, 0.15) is 11.3 Å². The van der Waals surface area contributed by atoms with Crippen molar-refractivity contribution in [2.24, 2.45) is 17.8 Å². The Morgan fingerprint density at radius 3 is 2.31 bits per heavy atom. The van der Waals surface area contributed by atoms with Crippen molar-refractivity contribution in [3.8, 4) is 0 Å². The summed E-state index contributed by atoms with van der Waals surface area (Å²) in [6, 6.07) is 10.8. The molecule has 0 aliphatic carbocycles. The van der Waals surface area contributed by atoms with E-state index in [9.17, 15) is 22.8 Å². The highest BCUT2D eigenvalue weighted by Crippen LogP contribution is 2.42. The molecule has 3 aromatic rings. The molecular formula is C39H53F3N4O4Si. The lowest BCUT2D eigenvalue weighted by Crippen LogP contribution is -2.55. The van der Waals surface area contributed by atoms with E-state index in [1.165, 1.54) is 0 Å². The smallest absolute Gasteiger partial charge is 0.393 e. The first-order valence-corrected chi connectivity index (χ1v) is 20.9. The largest absolute Gasteiger partial charge is 0.460 e. The van der Waals surface area contributed by atoms with Crippen molar-refractivity contribution >= 4 is 42.3 Å². The van der Waals surface area contributed by atoms with Gasteiger partial charge in [0.2, 0.25) is 0 Å². The molecule has 278 valence electrons. The molecule has 4 atom stereocenters. The van der Waals surface area contributed by atoms with E-state index in [1.54, 1.807) is 29.4 Å². The maximum absolute atomic E-state index is 13.8. The van der Waals surface area contributed by atoms with E-state index in [2.05, 4.69) is 55.7 Å². The molecule has 1 aromatic carbocycles. The molecule has 2 aliphatic heterocycles. The fourth-order valence-corrected chi connectivity index (χ4v) is 8.39. The summed E-state index contributed by atoms with van der Waals surface area (Å²) in [6.07, 6.45) is -0.591. The number of esters is 1. The Morgan fingerprint density at radius 1 is 0.961 bits per heavy atom. The van der Waals surface area contributed by atoms with Gasteiger partial charge in [-0.1, -0.05) is 39.8 Å². The van der Waals surface area contributed by atoms with Gasteiger partial charge >= 0.3 is 12.1 Å². The van der Waals surface area contributed by atoms with Crippen LogP contribution in [0.25, 0.3) is 10.9 Å².